The molecule has 1 amide bonds. The van der Waals surface area contributed by atoms with Crippen molar-refractivity contribution in [1.82, 2.24) is 4.98 Å². The quantitative estimate of drug-likeness (QED) is 0.571. The molecule has 2 aromatic rings. The Hall–Kier alpha value is -2.64. The van der Waals surface area contributed by atoms with Crippen molar-refractivity contribution in [3.63, 3.8) is 0 Å². The number of nitrogens with one attached hydrogen (secondary N) is 3. The molecule has 0 radical (unpaired) electrons. The molecule has 1 heterocycles. The van der Waals surface area contributed by atoms with E-state index in [0.717, 1.165) is 0 Å². The largest absolute Gasteiger partial charge is 0.495 e. The third kappa shape index (κ3) is 5.05. The third-order valence-corrected chi connectivity index (χ3v) is 5.28. The Bertz CT molecular complexity index is 952. The summed E-state index contributed by atoms with van der Waals surface area (Å²) in [6, 6.07) is 4.46. The maximum Gasteiger partial charge on any atom is 0.279 e. The number of carbonyl (C=O) groups is 3. The number of benzene rings is 1. The Balaban J connectivity index is 2.11. The van der Waals surface area contributed by atoms with E-state index >= 15 is 0 Å². The number of hydrogen-bond donors (Lipinski definition) is 3. The van der Waals surface area contributed by atoms with Gasteiger partial charge in [-0.3, -0.25) is 14.4 Å². The lowest BCUT2D eigenvalue weighted by molar-refractivity contribution is -0.885. The minimum absolute atomic E-state index is 0.0703. The number of Topliss-reactive ketones (excluding diaryl/α,β-unsaturated/α-hetero) is 2. The van der Waals surface area contributed by atoms with Crippen LogP contribution < -0.4 is 15.0 Å². The van der Waals surface area contributed by atoms with Crippen molar-refractivity contribution >= 4 is 34.8 Å². The number of halogens is 1. The van der Waals surface area contributed by atoms with E-state index in [1.807, 2.05) is 0 Å². The van der Waals surface area contributed by atoms with Gasteiger partial charge in [0.1, 0.15) is 5.75 Å². The van der Waals surface area contributed by atoms with Crippen LogP contribution in [0.4, 0.5) is 5.69 Å². The van der Waals surface area contributed by atoms with Crippen molar-refractivity contribution < 1.29 is 24.0 Å². The Labute approximate surface area is 175 Å². The summed E-state index contributed by atoms with van der Waals surface area (Å²) in [6.07, 6.45) is 0. The van der Waals surface area contributed by atoms with Crippen molar-refractivity contribution in [2.24, 2.45) is 0 Å². The summed E-state index contributed by atoms with van der Waals surface area (Å²) < 4.78 is 5.23. The number of aromatic nitrogens is 1. The van der Waals surface area contributed by atoms with Crippen LogP contribution in [0.1, 0.15) is 46.0 Å². The third-order valence-electron chi connectivity index (χ3n) is 5.04. The zero-order valence-electron chi connectivity index (χ0n) is 17.5. The topological polar surface area (TPSA) is 92.7 Å². The second-order valence-electron chi connectivity index (χ2n) is 7.18. The summed E-state index contributed by atoms with van der Waals surface area (Å²) in [6.45, 7) is 6.84. The lowest BCUT2D eigenvalue weighted by atomic mass is 10.0. The second-order valence-corrected chi connectivity index (χ2v) is 7.62. The lowest BCUT2D eigenvalue weighted by Crippen LogP contribution is -3.14. The maximum absolute atomic E-state index is 12.9. The smallest absolute Gasteiger partial charge is 0.279 e. The summed E-state index contributed by atoms with van der Waals surface area (Å²) in [5, 5.41) is 3.25. The molecule has 3 N–H and O–H groups in total. The van der Waals surface area contributed by atoms with Crippen molar-refractivity contribution in [3.05, 3.63) is 45.7 Å². The first kappa shape index (κ1) is 22.6. The number of quaternary nitrogens is 1. The van der Waals surface area contributed by atoms with Gasteiger partial charge >= 0.3 is 0 Å². The number of methoxy groups -OCH3 is 1. The number of rotatable bonds is 8. The number of hydrogen-bond acceptors (Lipinski definition) is 4. The van der Waals surface area contributed by atoms with Crippen LogP contribution in [0.3, 0.4) is 0 Å². The van der Waals surface area contributed by atoms with Crippen LogP contribution in [0.25, 0.3) is 0 Å². The molecule has 0 bridgehead atoms. The van der Waals surface area contributed by atoms with Crippen molar-refractivity contribution in [3.8, 4) is 5.75 Å². The summed E-state index contributed by atoms with van der Waals surface area (Å²) in [5.74, 6) is -0.00690. The first-order valence-corrected chi connectivity index (χ1v) is 9.64. The molecule has 0 saturated carbocycles. The number of amides is 1. The molecule has 8 heteroatoms. The molecule has 0 aliphatic heterocycles. The molecule has 0 spiro atoms. The molecule has 0 aliphatic rings. The number of aryl methyl sites for hydroxylation is 1. The molecular weight excluding hydrogens is 394 g/mol. The van der Waals surface area contributed by atoms with Gasteiger partial charge in [-0.05, 0) is 51.5 Å². The molecule has 1 aromatic heterocycles. The van der Waals surface area contributed by atoms with Gasteiger partial charge in [0.15, 0.2) is 18.4 Å². The number of carbonyl (C=O) groups excluding carboxylic acids is 3. The minimum Gasteiger partial charge on any atom is -0.495 e. The fourth-order valence-corrected chi connectivity index (χ4v) is 3.52. The number of anilines is 1. The van der Waals surface area contributed by atoms with Gasteiger partial charge in [0.25, 0.3) is 5.91 Å². The SMILES string of the molecule is COc1ccc(Cl)cc1NC(=O)C[NH+](C)[C@@H](C)C(=O)c1[nH]c(C)c(C(C)=O)c1C. The van der Waals surface area contributed by atoms with E-state index in [0.29, 0.717) is 43.9 Å². The number of ether oxygens (including phenoxy) is 1. The zero-order chi connectivity index (χ0) is 21.9. The van der Waals surface area contributed by atoms with Gasteiger partial charge in [-0.2, -0.15) is 0 Å². The lowest BCUT2D eigenvalue weighted by Gasteiger charge is -2.20. The van der Waals surface area contributed by atoms with Crippen LogP contribution in [0.2, 0.25) is 5.02 Å². The molecule has 7 nitrogen and oxygen atoms in total. The van der Waals surface area contributed by atoms with Gasteiger partial charge in [0.05, 0.1) is 25.5 Å². The molecule has 156 valence electrons. The van der Waals surface area contributed by atoms with Gasteiger partial charge in [0.2, 0.25) is 5.78 Å². The van der Waals surface area contributed by atoms with E-state index in [9.17, 15) is 14.4 Å². The average molecular weight is 421 g/mol. The highest BCUT2D eigenvalue weighted by Gasteiger charge is 2.29. The first-order valence-electron chi connectivity index (χ1n) is 9.26. The van der Waals surface area contributed by atoms with E-state index in [1.54, 1.807) is 46.0 Å². The monoisotopic (exact) mass is 420 g/mol. The predicted octanol–water partition coefficient (Wildman–Crippen LogP) is 2.22. The number of aromatic amines is 1. The number of ketones is 2. The Morgan fingerprint density at radius 2 is 1.93 bits per heavy atom. The Morgan fingerprint density at radius 3 is 2.48 bits per heavy atom. The van der Waals surface area contributed by atoms with E-state index < -0.39 is 6.04 Å². The average Bonchev–Trinajstić information content (AvgIpc) is 2.94. The molecule has 29 heavy (non-hydrogen) atoms. The first-order chi connectivity index (χ1) is 13.6. The standard InChI is InChI=1S/C21H26ClN3O4/c1-11-19(14(4)26)12(2)23-20(11)21(28)13(3)25(5)10-18(27)24-16-9-15(22)7-8-17(16)29-6/h7-9,13,23H,10H2,1-6H3,(H,24,27)/p+1/t13-/m0/s1. The van der Waals surface area contributed by atoms with Crippen LogP contribution in [0.5, 0.6) is 5.75 Å². The highest BCUT2D eigenvalue weighted by Crippen LogP contribution is 2.27. The van der Waals surface area contributed by atoms with Crippen LogP contribution in [0, 0.1) is 13.8 Å². The fourth-order valence-electron chi connectivity index (χ4n) is 3.34. The molecule has 1 aromatic carbocycles. The van der Waals surface area contributed by atoms with Gasteiger partial charge in [-0.25, -0.2) is 0 Å². The Morgan fingerprint density at radius 1 is 1.28 bits per heavy atom. The molecular formula is C21H27ClN3O4+. The van der Waals surface area contributed by atoms with Gasteiger partial charge in [0, 0.05) is 16.3 Å². The van der Waals surface area contributed by atoms with Crippen LogP contribution in [-0.4, -0.2) is 49.2 Å². The van der Waals surface area contributed by atoms with Crippen molar-refractivity contribution in [2.45, 2.75) is 33.7 Å². The Kier molecular flexibility index (Phi) is 7.21. The summed E-state index contributed by atoms with van der Waals surface area (Å²) in [7, 11) is 3.28. The van der Waals surface area contributed by atoms with Gasteiger partial charge < -0.3 is 19.9 Å². The predicted molar refractivity (Wildman–Crippen MR) is 112 cm³/mol. The van der Waals surface area contributed by atoms with Crippen LogP contribution in [-0.2, 0) is 4.79 Å². The van der Waals surface area contributed by atoms with E-state index in [4.69, 9.17) is 16.3 Å². The van der Waals surface area contributed by atoms with Gasteiger partial charge in [-0.15, -0.1) is 0 Å². The van der Waals surface area contributed by atoms with Crippen LogP contribution >= 0.6 is 11.6 Å². The summed E-state index contributed by atoms with van der Waals surface area (Å²) >= 11 is 5.99. The van der Waals surface area contributed by atoms with E-state index in [2.05, 4.69) is 10.3 Å². The zero-order valence-corrected chi connectivity index (χ0v) is 18.3. The molecule has 0 saturated heterocycles. The molecule has 2 rings (SSSR count). The van der Waals surface area contributed by atoms with Crippen molar-refractivity contribution in [2.75, 3.05) is 26.0 Å². The number of likely N-dealkylation sites (N-methyl/N-ethyl adjacent to an activating group) is 1. The number of H-pyrrole nitrogens is 1. The molecule has 1 unspecified atom stereocenters. The fraction of sp³-hybridized carbons (Fsp3) is 0.381. The second kappa shape index (κ2) is 9.24. The van der Waals surface area contributed by atoms with Crippen LogP contribution in [0.15, 0.2) is 18.2 Å². The summed E-state index contributed by atoms with van der Waals surface area (Å²) in [5.41, 5.74) is 2.75. The highest BCUT2D eigenvalue weighted by molar-refractivity contribution is 6.31. The summed E-state index contributed by atoms with van der Waals surface area (Å²) in [4.78, 5) is 41.0. The van der Waals surface area contributed by atoms with E-state index in [1.165, 1.54) is 14.0 Å². The minimum atomic E-state index is -0.487. The molecule has 2 atom stereocenters. The van der Waals surface area contributed by atoms with Crippen molar-refractivity contribution in [1.29, 1.82) is 0 Å². The van der Waals surface area contributed by atoms with Gasteiger partial charge in [-0.1, -0.05) is 11.6 Å². The maximum atomic E-state index is 12.9. The normalized spacial score (nSPS) is 12.9. The molecule has 0 fully saturated rings. The van der Waals surface area contributed by atoms with E-state index in [-0.39, 0.29) is 24.0 Å². The highest BCUT2D eigenvalue weighted by atomic mass is 35.5. The molecule has 0 aliphatic carbocycles.